The number of nitrogens with one attached hydrogen (secondary N) is 1. The van der Waals surface area contributed by atoms with Crippen molar-refractivity contribution in [3.63, 3.8) is 0 Å². The summed E-state index contributed by atoms with van der Waals surface area (Å²) in [6, 6.07) is 0. The summed E-state index contributed by atoms with van der Waals surface area (Å²) >= 11 is 0. The lowest BCUT2D eigenvalue weighted by atomic mass is 10.1. The third-order valence-electron chi connectivity index (χ3n) is 2.50. The summed E-state index contributed by atoms with van der Waals surface area (Å²) in [6.45, 7) is 13.1. The number of hydrogen-bond donors (Lipinski definition) is 1. The summed E-state index contributed by atoms with van der Waals surface area (Å²) in [5.74, 6) is 0.357. The van der Waals surface area contributed by atoms with Gasteiger partial charge in [-0.25, -0.2) is 9.48 Å². The van der Waals surface area contributed by atoms with Crippen molar-refractivity contribution in [2.75, 3.05) is 0 Å². The Labute approximate surface area is 113 Å². The van der Waals surface area contributed by atoms with E-state index >= 15 is 0 Å². The quantitative estimate of drug-likeness (QED) is 0.870. The normalized spacial score (nSPS) is 12.6. The fourth-order valence-corrected chi connectivity index (χ4v) is 1.71. The second kappa shape index (κ2) is 4.83. The fourth-order valence-electron chi connectivity index (χ4n) is 1.71. The predicted molar refractivity (Wildman–Crippen MR) is 74.1 cm³/mol. The zero-order valence-corrected chi connectivity index (χ0v) is 12.9. The number of amides is 1. The Kier molecular flexibility index (Phi) is 3.93. The van der Waals surface area contributed by atoms with Crippen molar-refractivity contribution in [1.29, 1.82) is 0 Å². The van der Waals surface area contributed by atoms with Gasteiger partial charge in [0.25, 0.3) is 0 Å². The van der Waals surface area contributed by atoms with Crippen LogP contribution in [0.4, 0.5) is 0 Å². The highest BCUT2D eigenvalue weighted by molar-refractivity contribution is 5.76. The summed E-state index contributed by atoms with van der Waals surface area (Å²) in [5, 5.41) is 7.05. The van der Waals surface area contributed by atoms with Gasteiger partial charge >= 0.3 is 5.69 Å². The van der Waals surface area contributed by atoms with Gasteiger partial charge in [-0.2, -0.15) is 5.10 Å². The summed E-state index contributed by atoms with van der Waals surface area (Å²) in [6.07, 6.45) is 0. The first-order chi connectivity index (χ1) is 8.42. The van der Waals surface area contributed by atoms with Crippen molar-refractivity contribution >= 4 is 5.91 Å². The summed E-state index contributed by atoms with van der Waals surface area (Å²) < 4.78 is 2.80. The van der Waals surface area contributed by atoms with E-state index in [4.69, 9.17) is 0 Å². The van der Waals surface area contributed by atoms with Crippen molar-refractivity contribution < 1.29 is 4.79 Å². The molecule has 1 rings (SSSR count). The average Bonchev–Trinajstić information content (AvgIpc) is 2.41. The van der Waals surface area contributed by atoms with Gasteiger partial charge in [-0.05, 0) is 48.5 Å². The molecule has 0 unspecified atom stereocenters. The molecule has 1 aromatic rings. The Hall–Kier alpha value is -1.59. The maximum absolute atomic E-state index is 12.2. The molecular weight excluding hydrogens is 244 g/mol. The van der Waals surface area contributed by atoms with Gasteiger partial charge in [0.2, 0.25) is 5.91 Å². The molecule has 0 radical (unpaired) electrons. The molecule has 0 aliphatic rings. The van der Waals surface area contributed by atoms with Gasteiger partial charge in [0.05, 0.1) is 5.54 Å². The lowest BCUT2D eigenvalue weighted by molar-refractivity contribution is -0.123. The Bertz CT molecular complexity index is 526. The first-order valence-corrected chi connectivity index (χ1v) is 6.40. The highest BCUT2D eigenvalue weighted by Crippen LogP contribution is 2.09. The van der Waals surface area contributed by atoms with Crippen LogP contribution in [0.2, 0.25) is 0 Å². The summed E-state index contributed by atoms with van der Waals surface area (Å²) in [4.78, 5) is 24.1. The molecule has 19 heavy (non-hydrogen) atoms. The highest BCUT2D eigenvalue weighted by atomic mass is 16.2. The van der Waals surface area contributed by atoms with E-state index in [-0.39, 0.29) is 23.7 Å². The van der Waals surface area contributed by atoms with Gasteiger partial charge in [0.15, 0.2) is 0 Å². The zero-order valence-electron chi connectivity index (χ0n) is 12.9. The van der Waals surface area contributed by atoms with Gasteiger partial charge in [0, 0.05) is 5.54 Å². The predicted octanol–water partition coefficient (Wildman–Crippen LogP) is 1.02. The molecule has 0 saturated carbocycles. The van der Waals surface area contributed by atoms with Gasteiger partial charge in [-0.1, -0.05) is 0 Å². The lowest BCUT2D eigenvalue weighted by Crippen LogP contribution is -2.44. The number of nitrogens with zero attached hydrogens (tertiary/aromatic N) is 3. The minimum absolute atomic E-state index is 0.00197. The molecule has 0 bridgehead atoms. The van der Waals surface area contributed by atoms with Crippen LogP contribution < -0.4 is 11.0 Å². The van der Waals surface area contributed by atoms with Crippen LogP contribution in [-0.4, -0.2) is 25.8 Å². The number of aromatic nitrogens is 3. The fraction of sp³-hybridized carbons (Fsp3) is 0.769. The van der Waals surface area contributed by atoms with Crippen molar-refractivity contribution in [2.24, 2.45) is 0 Å². The van der Waals surface area contributed by atoms with Gasteiger partial charge in [-0.3, -0.25) is 9.36 Å². The van der Waals surface area contributed by atoms with Crippen LogP contribution in [0.3, 0.4) is 0 Å². The largest absolute Gasteiger partial charge is 0.350 e. The third kappa shape index (κ3) is 3.94. The molecule has 6 nitrogen and oxygen atoms in total. The maximum Gasteiger partial charge on any atom is 0.346 e. The Morgan fingerprint density at radius 1 is 1.21 bits per heavy atom. The van der Waals surface area contributed by atoms with Crippen LogP contribution in [0.1, 0.15) is 47.4 Å². The second-order valence-electron chi connectivity index (χ2n) is 6.80. The Balaban J connectivity index is 3.01. The standard InChI is InChI=1S/C13H24N4O2/c1-9-15-17(13(5,6)7)11(19)16(9)8-10(18)14-12(2,3)4/h8H2,1-7H3,(H,14,18). The van der Waals surface area contributed by atoms with E-state index in [2.05, 4.69) is 10.4 Å². The average molecular weight is 268 g/mol. The van der Waals surface area contributed by atoms with Crippen molar-refractivity contribution in [3.05, 3.63) is 16.3 Å². The van der Waals surface area contributed by atoms with Crippen LogP contribution >= 0.6 is 0 Å². The maximum atomic E-state index is 12.2. The van der Waals surface area contributed by atoms with Crippen LogP contribution in [0.25, 0.3) is 0 Å². The molecule has 0 fully saturated rings. The van der Waals surface area contributed by atoms with Gasteiger partial charge in [-0.15, -0.1) is 0 Å². The van der Waals surface area contributed by atoms with Crippen LogP contribution in [0, 0.1) is 6.92 Å². The topological polar surface area (TPSA) is 68.9 Å². The minimum Gasteiger partial charge on any atom is -0.350 e. The molecule has 0 aliphatic carbocycles. The number of rotatable bonds is 2. The molecule has 0 aliphatic heterocycles. The summed E-state index contributed by atoms with van der Waals surface area (Å²) in [5.41, 5.74) is -0.962. The summed E-state index contributed by atoms with van der Waals surface area (Å²) in [7, 11) is 0. The first-order valence-electron chi connectivity index (χ1n) is 6.40. The second-order valence-corrected chi connectivity index (χ2v) is 6.80. The number of hydrogen-bond acceptors (Lipinski definition) is 3. The van der Waals surface area contributed by atoms with Gasteiger partial charge < -0.3 is 5.32 Å². The molecule has 1 heterocycles. The van der Waals surface area contributed by atoms with E-state index in [1.54, 1.807) is 6.92 Å². The zero-order chi connectivity index (χ0) is 15.0. The van der Waals surface area contributed by atoms with E-state index in [1.807, 2.05) is 41.5 Å². The van der Waals surface area contributed by atoms with E-state index in [0.29, 0.717) is 5.82 Å². The molecular formula is C13H24N4O2. The van der Waals surface area contributed by atoms with Crippen LogP contribution in [-0.2, 0) is 16.9 Å². The van der Waals surface area contributed by atoms with E-state index in [9.17, 15) is 9.59 Å². The Morgan fingerprint density at radius 3 is 2.11 bits per heavy atom. The molecule has 1 N–H and O–H groups in total. The van der Waals surface area contributed by atoms with Crippen LogP contribution in [0.5, 0.6) is 0 Å². The van der Waals surface area contributed by atoms with E-state index < -0.39 is 5.54 Å². The third-order valence-corrected chi connectivity index (χ3v) is 2.50. The van der Waals surface area contributed by atoms with Gasteiger partial charge in [0.1, 0.15) is 12.4 Å². The molecule has 0 atom stereocenters. The first kappa shape index (κ1) is 15.5. The number of carbonyl (C=O) groups excluding carboxylic acids is 1. The smallest absolute Gasteiger partial charge is 0.346 e. The van der Waals surface area contributed by atoms with Crippen molar-refractivity contribution in [3.8, 4) is 0 Å². The monoisotopic (exact) mass is 268 g/mol. The highest BCUT2D eigenvalue weighted by Gasteiger charge is 2.22. The minimum atomic E-state index is -0.395. The number of carbonyl (C=O) groups is 1. The molecule has 1 amide bonds. The van der Waals surface area contributed by atoms with Crippen molar-refractivity contribution in [1.82, 2.24) is 19.7 Å². The molecule has 6 heteroatoms. The number of aryl methyl sites for hydroxylation is 1. The molecule has 0 spiro atoms. The molecule has 1 aromatic heterocycles. The SMILES string of the molecule is Cc1nn(C(C)(C)C)c(=O)n1CC(=O)NC(C)(C)C. The lowest BCUT2D eigenvalue weighted by Gasteiger charge is -2.20. The molecule has 108 valence electrons. The van der Waals surface area contributed by atoms with E-state index in [0.717, 1.165) is 0 Å². The Morgan fingerprint density at radius 2 is 1.74 bits per heavy atom. The van der Waals surface area contributed by atoms with Crippen LogP contribution in [0.15, 0.2) is 4.79 Å². The van der Waals surface area contributed by atoms with Crippen molar-refractivity contribution in [2.45, 2.75) is 66.1 Å². The molecule has 0 aromatic carbocycles. The molecule has 0 saturated heterocycles. The van der Waals surface area contributed by atoms with E-state index in [1.165, 1.54) is 9.25 Å².